The number of carbonyl (C=O) groups excluding carboxylic acids is 1. The van der Waals surface area contributed by atoms with Crippen LogP contribution in [0.1, 0.15) is 12.5 Å². The normalized spacial score (nSPS) is 10.6. The molecule has 0 saturated carbocycles. The van der Waals surface area contributed by atoms with Crippen molar-refractivity contribution >= 4 is 28.1 Å². The minimum absolute atomic E-state index is 0.0585. The second kappa shape index (κ2) is 7.79. The maximum atomic E-state index is 12.5. The van der Waals surface area contributed by atoms with Crippen LogP contribution in [0.25, 0.3) is 21.7 Å². The first-order valence-electron chi connectivity index (χ1n) is 9.12. The van der Waals surface area contributed by atoms with Crippen molar-refractivity contribution in [1.29, 1.82) is 0 Å². The Balaban J connectivity index is 1.89. The SMILES string of the molecule is CC(=O)N(c1ccc(C)cc1)c1nc(-c2ccccc2)c(-c2ccccc2)s1. The number of nitrogens with zero attached hydrogens (tertiary/aromatic N) is 2. The zero-order chi connectivity index (χ0) is 19.5. The Morgan fingerprint density at radius 1 is 0.821 bits per heavy atom. The van der Waals surface area contributed by atoms with Gasteiger partial charge in [0.05, 0.1) is 16.3 Å². The molecule has 0 atom stereocenters. The molecule has 1 aromatic heterocycles. The number of hydrogen-bond acceptors (Lipinski definition) is 3. The number of amides is 1. The van der Waals surface area contributed by atoms with E-state index in [0.717, 1.165) is 32.9 Å². The molecular weight excluding hydrogens is 364 g/mol. The smallest absolute Gasteiger partial charge is 0.230 e. The summed E-state index contributed by atoms with van der Waals surface area (Å²) in [4.78, 5) is 20.2. The first-order valence-corrected chi connectivity index (χ1v) is 9.94. The highest BCUT2D eigenvalue weighted by atomic mass is 32.1. The van der Waals surface area contributed by atoms with Gasteiger partial charge < -0.3 is 0 Å². The van der Waals surface area contributed by atoms with Crippen LogP contribution in [0, 0.1) is 6.92 Å². The van der Waals surface area contributed by atoms with Crippen molar-refractivity contribution < 1.29 is 4.79 Å². The molecule has 4 rings (SSSR count). The van der Waals surface area contributed by atoms with Crippen LogP contribution in [0.5, 0.6) is 0 Å². The number of carbonyl (C=O) groups is 1. The van der Waals surface area contributed by atoms with Crippen LogP contribution in [-0.4, -0.2) is 10.9 Å². The van der Waals surface area contributed by atoms with Gasteiger partial charge in [0, 0.05) is 12.5 Å². The number of rotatable bonds is 4. The van der Waals surface area contributed by atoms with Gasteiger partial charge in [0.1, 0.15) is 0 Å². The predicted octanol–water partition coefficient (Wildman–Crippen LogP) is 6.47. The lowest BCUT2D eigenvalue weighted by atomic mass is 10.1. The standard InChI is InChI=1S/C24H20N2OS/c1-17-13-15-21(16-14-17)26(18(2)27)24-25-22(19-9-5-3-6-10-19)23(28-24)20-11-7-4-8-12-20/h3-16H,1-2H3. The molecule has 0 aliphatic heterocycles. The molecule has 0 aliphatic rings. The highest BCUT2D eigenvalue weighted by molar-refractivity contribution is 7.19. The molecule has 3 nitrogen and oxygen atoms in total. The van der Waals surface area contributed by atoms with E-state index in [4.69, 9.17) is 4.98 Å². The van der Waals surface area contributed by atoms with E-state index in [1.54, 1.807) is 11.8 Å². The molecule has 28 heavy (non-hydrogen) atoms. The molecule has 0 fully saturated rings. The molecule has 4 aromatic rings. The fourth-order valence-electron chi connectivity index (χ4n) is 3.10. The van der Waals surface area contributed by atoms with Gasteiger partial charge in [0.2, 0.25) is 5.91 Å². The fraction of sp³-hybridized carbons (Fsp3) is 0.0833. The van der Waals surface area contributed by atoms with Crippen molar-refractivity contribution in [3.8, 4) is 21.7 Å². The lowest BCUT2D eigenvalue weighted by Crippen LogP contribution is -2.22. The summed E-state index contributed by atoms with van der Waals surface area (Å²) in [5.74, 6) is -0.0585. The summed E-state index contributed by atoms with van der Waals surface area (Å²) in [6.45, 7) is 3.61. The van der Waals surface area contributed by atoms with Crippen molar-refractivity contribution in [2.24, 2.45) is 0 Å². The van der Waals surface area contributed by atoms with E-state index in [1.165, 1.54) is 11.3 Å². The Hall–Kier alpha value is -3.24. The van der Waals surface area contributed by atoms with Crippen LogP contribution in [0.15, 0.2) is 84.9 Å². The second-order valence-corrected chi connectivity index (χ2v) is 7.57. The van der Waals surface area contributed by atoms with Crippen LogP contribution >= 0.6 is 11.3 Å². The topological polar surface area (TPSA) is 33.2 Å². The van der Waals surface area contributed by atoms with Crippen LogP contribution in [0.4, 0.5) is 10.8 Å². The summed E-state index contributed by atoms with van der Waals surface area (Å²) in [5.41, 5.74) is 5.01. The molecule has 138 valence electrons. The van der Waals surface area contributed by atoms with E-state index in [2.05, 4.69) is 24.3 Å². The van der Waals surface area contributed by atoms with Crippen molar-refractivity contribution in [2.75, 3.05) is 4.90 Å². The minimum Gasteiger partial charge on any atom is -0.274 e. The third-order valence-corrected chi connectivity index (χ3v) is 5.59. The predicted molar refractivity (Wildman–Crippen MR) is 117 cm³/mol. The molecular formula is C24H20N2OS. The Morgan fingerprint density at radius 3 is 1.96 bits per heavy atom. The molecule has 0 radical (unpaired) electrons. The maximum Gasteiger partial charge on any atom is 0.230 e. The Kier molecular flexibility index (Phi) is 5.04. The summed E-state index contributed by atoms with van der Waals surface area (Å²) < 4.78 is 0. The van der Waals surface area contributed by atoms with Gasteiger partial charge in [-0.3, -0.25) is 9.69 Å². The van der Waals surface area contributed by atoms with Gasteiger partial charge in [-0.05, 0) is 24.6 Å². The number of aryl methyl sites for hydroxylation is 1. The highest BCUT2D eigenvalue weighted by Gasteiger charge is 2.22. The monoisotopic (exact) mass is 384 g/mol. The zero-order valence-electron chi connectivity index (χ0n) is 15.8. The van der Waals surface area contributed by atoms with Gasteiger partial charge >= 0.3 is 0 Å². The third kappa shape index (κ3) is 3.59. The van der Waals surface area contributed by atoms with E-state index < -0.39 is 0 Å². The average molecular weight is 385 g/mol. The van der Waals surface area contributed by atoms with E-state index in [0.29, 0.717) is 5.13 Å². The molecule has 3 aromatic carbocycles. The molecule has 0 unspecified atom stereocenters. The Bertz CT molecular complexity index is 1030. The van der Waals surface area contributed by atoms with Crippen molar-refractivity contribution in [3.05, 3.63) is 90.5 Å². The van der Waals surface area contributed by atoms with E-state index in [1.807, 2.05) is 67.6 Å². The van der Waals surface area contributed by atoms with Crippen molar-refractivity contribution in [1.82, 2.24) is 4.98 Å². The summed E-state index contributed by atoms with van der Waals surface area (Å²) in [6.07, 6.45) is 0. The quantitative estimate of drug-likeness (QED) is 0.404. The maximum absolute atomic E-state index is 12.5. The number of hydrogen-bond donors (Lipinski definition) is 0. The lowest BCUT2D eigenvalue weighted by Gasteiger charge is -2.18. The average Bonchev–Trinajstić information content (AvgIpc) is 3.15. The largest absolute Gasteiger partial charge is 0.274 e. The number of anilines is 2. The molecule has 1 amide bonds. The molecule has 4 heteroatoms. The molecule has 0 saturated heterocycles. The van der Waals surface area contributed by atoms with E-state index in [9.17, 15) is 4.79 Å². The highest BCUT2D eigenvalue weighted by Crippen LogP contribution is 2.42. The Labute approximate surface area is 168 Å². The summed E-state index contributed by atoms with van der Waals surface area (Å²) in [5, 5.41) is 0.675. The van der Waals surface area contributed by atoms with Gasteiger partial charge in [0.15, 0.2) is 5.13 Å². The van der Waals surface area contributed by atoms with Crippen LogP contribution in [-0.2, 0) is 4.79 Å². The number of benzene rings is 3. The molecule has 0 N–H and O–H groups in total. The van der Waals surface area contributed by atoms with Gasteiger partial charge in [-0.2, -0.15) is 0 Å². The Morgan fingerprint density at radius 2 is 1.39 bits per heavy atom. The lowest BCUT2D eigenvalue weighted by molar-refractivity contribution is -0.115. The van der Waals surface area contributed by atoms with Crippen LogP contribution in [0.3, 0.4) is 0 Å². The number of aromatic nitrogens is 1. The van der Waals surface area contributed by atoms with E-state index >= 15 is 0 Å². The first-order chi connectivity index (χ1) is 13.6. The van der Waals surface area contributed by atoms with Crippen molar-refractivity contribution in [3.63, 3.8) is 0 Å². The first kappa shape index (κ1) is 18.1. The minimum atomic E-state index is -0.0585. The van der Waals surface area contributed by atoms with Gasteiger partial charge in [-0.1, -0.05) is 89.7 Å². The van der Waals surface area contributed by atoms with Gasteiger partial charge in [-0.15, -0.1) is 0 Å². The molecule has 0 aliphatic carbocycles. The molecule has 1 heterocycles. The summed E-state index contributed by atoms with van der Waals surface area (Å²) >= 11 is 1.54. The van der Waals surface area contributed by atoms with Crippen molar-refractivity contribution in [2.45, 2.75) is 13.8 Å². The summed E-state index contributed by atoms with van der Waals surface area (Å²) in [7, 11) is 0. The molecule has 0 bridgehead atoms. The number of thiazole rings is 1. The molecule has 0 spiro atoms. The summed E-state index contributed by atoms with van der Waals surface area (Å²) in [6, 6.07) is 28.2. The third-order valence-electron chi connectivity index (χ3n) is 4.50. The fourth-order valence-corrected chi connectivity index (χ4v) is 4.26. The zero-order valence-corrected chi connectivity index (χ0v) is 16.6. The van der Waals surface area contributed by atoms with E-state index in [-0.39, 0.29) is 5.91 Å². The van der Waals surface area contributed by atoms with Crippen LogP contribution < -0.4 is 4.90 Å². The van der Waals surface area contributed by atoms with Gasteiger partial charge in [0.25, 0.3) is 0 Å². The second-order valence-electron chi connectivity index (χ2n) is 6.60. The van der Waals surface area contributed by atoms with Crippen LogP contribution in [0.2, 0.25) is 0 Å². The van der Waals surface area contributed by atoms with Gasteiger partial charge in [-0.25, -0.2) is 4.98 Å².